The summed E-state index contributed by atoms with van der Waals surface area (Å²) in [7, 11) is 0. The molecule has 1 heterocycles. The molecule has 5 nitrogen and oxygen atoms in total. The van der Waals surface area contributed by atoms with Crippen LogP contribution in [0.15, 0.2) is 63.8 Å². The van der Waals surface area contributed by atoms with Gasteiger partial charge in [0, 0.05) is 15.9 Å². The van der Waals surface area contributed by atoms with E-state index in [1.807, 2.05) is 55.5 Å². The lowest BCUT2D eigenvalue weighted by molar-refractivity contribution is 0.199. The van der Waals surface area contributed by atoms with Crippen LogP contribution in [0.4, 0.5) is 10.5 Å². The normalized spacial score (nSPS) is 12.0. The van der Waals surface area contributed by atoms with Crippen molar-refractivity contribution in [1.29, 1.82) is 0 Å². The van der Waals surface area contributed by atoms with E-state index in [1.165, 1.54) is 11.2 Å². The van der Waals surface area contributed by atoms with E-state index < -0.39 is 12.1 Å². The minimum atomic E-state index is -1.09. The van der Waals surface area contributed by atoms with Crippen LogP contribution in [0.3, 0.4) is 0 Å². The Morgan fingerprint density at radius 3 is 2.58 bits per heavy atom. The summed E-state index contributed by atoms with van der Waals surface area (Å²) in [6.45, 7) is 1.82. The van der Waals surface area contributed by atoms with Gasteiger partial charge in [0.1, 0.15) is 17.6 Å². The van der Waals surface area contributed by atoms with Crippen LogP contribution in [0.25, 0.3) is 11.3 Å². The van der Waals surface area contributed by atoms with Gasteiger partial charge < -0.3 is 9.63 Å². The number of anilines is 1. The molecule has 0 saturated carbocycles. The Bertz CT molecular complexity index is 911. The fraction of sp³-hybridized carbons (Fsp3) is 0.158. The van der Waals surface area contributed by atoms with E-state index in [-0.39, 0.29) is 0 Å². The molecule has 0 unspecified atom stereocenters. The van der Waals surface area contributed by atoms with E-state index in [0.29, 0.717) is 17.3 Å². The Morgan fingerprint density at radius 1 is 1.27 bits per heavy atom. The Morgan fingerprint density at radius 2 is 1.96 bits per heavy atom. The standard InChI is InChI=1S/C19H16BrClN2O3/c1-12(15-4-2-3-5-16(15)20)23(19(24)25)17-11-26-22-18(17)14-8-6-13(10-21)7-9-14/h2-9,11-12H,10H2,1H3,(H,24,25)/t12-/m1/s1. The van der Waals surface area contributed by atoms with Gasteiger partial charge in [-0.25, -0.2) is 4.79 Å². The van der Waals surface area contributed by atoms with Crippen molar-refractivity contribution in [3.63, 3.8) is 0 Å². The summed E-state index contributed by atoms with van der Waals surface area (Å²) in [5.41, 5.74) is 3.43. The van der Waals surface area contributed by atoms with E-state index in [2.05, 4.69) is 21.1 Å². The number of carbonyl (C=O) groups is 1. The molecule has 0 aliphatic rings. The molecule has 1 amide bonds. The van der Waals surface area contributed by atoms with Crippen molar-refractivity contribution in [3.8, 4) is 11.3 Å². The van der Waals surface area contributed by atoms with E-state index in [0.717, 1.165) is 21.2 Å². The Balaban J connectivity index is 2.03. The summed E-state index contributed by atoms with van der Waals surface area (Å²) >= 11 is 9.31. The van der Waals surface area contributed by atoms with Crippen LogP contribution in [0.5, 0.6) is 0 Å². The van der Waals surface area contributed by atoms with Gasteiger partial charge in [-0.05, 0) is 24.1 Å². The van der Waals surface area contributed by atoms with Crippen molar-refractivity contribution in [3.05, 3.63) is 70.4 Å². The number of amides is 1. The second-order valence-electron chi connectivity index (χ2n) is 5.73. The number of hydrogen-bond acceptors (Lipinski definition) is 3. The first-order valence-electron chi connectivity index (χ1n) is 7.89. The molecule has 0 fully saturated rings. The zero-order valence-corrected chi connectivity index (χ0v) is 16.2. The molecule has 1 atom stereocenters. The van der Waals surface area contributed by atoms with Crippen LogP contribution in [-0.2, 0) is 5.88 Å². The first kappa shape index (κ1) is 18.5. The molecular weight excluding hydrogens is 420 g/mol. The largest absolute Gasteiger partial charge is 0.465 e. The van der Waals surface area contributed by atoms with Crippen molar-refractivity contribution in [1.82, 2.24) is 5.16 Å². The van der Waals surface area contributed by atoms with Gasteiger partial charge in [0.25, 0.3) is 0 Å². The molecule has 0 spiro atoms. The van der Waals surface area contributed by atoms with E-state index >= 15 is 0 Å². The van der Waals surface area contributed by atoms with Gasteiger partial charge in [-0.1, -0.05) is 63.6 Å². The van der Waals surface area contributed by atoms with Crippen LogP contribution < -0.4 is 4.90 Å². The molecule has 0 saturated heterocycles. The van der Waals surface area contributed by atoms with Crippen molar-refractivity contribution < 1.29 is 14.4 Å². The number of hydrogen-bond donors (Lipinski definition) is 1. The summed E-state index contributed by atoms with van der Waals surface area (Å²) in [6.07, 6.45) is 0.266. The minimum Gasteiger partial charge on any atom is -0.465 e. The van der Waals surface area contributed by atoms with Gasteiger partial charge in [0.15, 0.2) is 0 Å². The fourth-order valence-corrected chi connectivity index (χ4v) is 3.58. The van der Waals surface area contributed by atoms with Crippen LogP contribution >= 0.6 is 27.5 Å². The number of nitrogens with zero attached hydrogens (tertiary/aromatic N) is 2. The quantitative estimate of drug-likeness (QED) is 0.493. The molecular formula is C19H16BrClN2O3. The predicted molar refractivity (Wildman–Crippen MR) is 105 cm³/mol. The van der Waals surface area contributed by atoms with E-state index in [9.17, 15) is 9.90 Å². The molecule has 3 aromatic rings. The Labute approximate surface area is 164 Å². The number of halogens is 2. The van der Waals surface area contributed by atoms with Crippen molar-refractivity contribution >= 4 is 39.3 Å². The molecule has 0 bridgehead atoms. The fourth-order valence-electron chi connectivity index (χ4n) is 2.79. The average molecular weight is 436 g/mol. The van der Waals surface area contributed by atoms with Crippen LogP contribution in [-0.4, -0.2) is 16.4 Å². The summed E-state index contributed by atoms with van der Waals surface area (Å²) in [6, 6.07) is 14.5. The van der Waals surface area contributed by atoms with Crippen LogP contribution in [0.1, 0.15) is 24.1 Å². The molecule has 2 aromatic carbocycles. The smallest absolute Gasteiger partial charge is 0.412 e. The maximum absolute atomic E-state index is 12.0. The third-order valence-electron chi connectivity index (χ3n) is 4.14. The molecule has 1 N–H and O–H groups in total. The number of carboxylic acid groups (broad SMARTS) is 1. The first-order chi connectivity index (χ1) is 12.5. The lowest BCUT2D eigenvalue weighted by atomic mass is 10.0. The zero-order chi connectivity index (χ0) is 18.7. The van der Waals surface area contributed by atoms with E-state index in [4.69, 9.17) is 16.1 Å². The Hall–Kier alpha value is -2.31. The zero-order valence-electron chi connectivity index (χ0n) is 13.9. The highest BCUT2D eigenvalue weighted by Crippen LogP contribution is 2.37. The Kier molecular flexibility index (Phi) is 5.64. The highest BCUT2D eigenvalue weighted by Gasteiger charge is 2.29. The van der Waals surface area contributed by atoms with Crippen molar-refractivity contribution in [2.45, 2.75) is 18.8 Å². The first-order valence-corrected chi connectivity index (χ1v) is 9.22. The second kappa shape index (κ2) is 7.93. The molecule has 7 heteroatoms. The number of aromatic nitrogens is 1. The summed E-state index contributed by atoms with van der Waals surface area (Å²) in [5.74, 6) is 0.409. The number of benzene rings is 2. The minimum absolute atomic E-state index is 0.388. The summed E-state index contributed by atoms with van der Waals surface area (Å²) < 4.78 is 5.95. The molecule has 0 aliphatic heterocycles. The van der Waals surface area contributed by atoms with Crippen LogP contribution in [0.2, 0.25) is 0 Å². The van der Waals surface area contributed by atoms with Gasteiger partial charge in [0.05, 0.1) is 6.04 Å². The molecule has 26 heavy (non-hydrogen) atoms. The average Bonchev–Trinajstić information content (AvgIpc) is 3.11. The molecule has 3 rings (SSSR count). The van der Waals surface area contributed by atoms with Gasteiger partial charge in [-0.2, -0.15) is 0 Å². The lowest BCUT2D eigenvalue weighted by Gasteiger charge is -2.26. The summed E-state index contributed by atoms with van der Waals surface area (Å²) in [5, 5.41) is 13.9. The molecule has 0 radical (unpaired) electrons. The topological polar surface area (TPSA) is 66.6 Å². The molecule has 1 aromatic heterocycles. The predicted octanol–water partition coefficient (Wildman–Crippen LogP) is 6.09. The van der Waals surface area contributed by atoms with Gasteiger partial charge >= 0.3 is 6.09 Å². The van der Waals surface area contributed by atoms with Gasteiger partial charge in [-0.3, -0.25) is 4.90 Å². The third-order valence-corrected chi connectivity index (χ3v) is 5.17. The van der Waals surface area contributed by atoms with Gasteiger partial charge in [-0.15, -0.1) is 11.6 Å². The number of rotatable bonds is 5. The molecule has 134 valence electrons. The third kappa shape index (κ3) is 3.61. The van der Waals surface area contributed by atoms with Crippen molar-refractivity contribution in [2.24, 2.45) is 0 Å². The lowest BCUT2D eigenvalue weighted by Crippen LogP contribution is -2.32. The maximum Gasteiger partial charge on any atom is 0.412 e. The maximum atomic E-state index is 12.0. The monoisotopic (exact) mass is 434 g/mol. The highest BCUT2D eigenvalue weighted by molar-refractivity contribution is 9.10. The van der Waals surface area contributed by atoms with Gasteiger partial charge in [0.2, 0.25) is 0 Å². The van der Waals surface area contributed by atoms with Crippen LogP contribution in [0, 0.1) is 0 Å². The SMILES string of the molecule is C[C@H](c1ccccc1Br)N(C(=O)O)c1conc1-c1ccc(CCl)cc1. The molecule has 0 aliphatic carbocycles. The van der Waals surface area contributed by atoms with Crippen molar-refractivity contribution in [2.75, 3.05) is 4.90 Å². The highest BCUT2D eigenvalue weighted by atomic mass is 79.9. The second-order valence-corrected chi connectivity index (χ2v) is 6.85. The van der Waals surface area contributed by atoms with E-state index in [1.54, 1.807) is 0 Å². The number of alkyl halides is 1. The summed E-state index contributed by atoms with van der Waals surface area (Å²) in [4.78, 5) is 13.3.